The quantitative estimate of drug-likeness (QED) is 0.611. The molecule has 0 saturated carbocycles. The van der Waals surface area contributed by atoms with Gasteiger partial charge in [0.15, 0.2) is 11.5 Å². The molecule has 0 aliphatic rings. The molecule has 0 radical (unpaired) electrons. The van der Waals surface area contributed by atoms with E-state index >= 15 is 0 Å². The number of rotatable bonds is 10. The Morgan fingerprint density at radius 1 is 1.03 bits per heavy atom. The summed E-state index contributed by atoms with van der Waals surface area (Å²) in [5, 5.41) is 5.46. The zero-order valence-electron chi connectivity index (χ0n) is 17.1. The molecule has 0 aliphatic carbocycles. The predicted octanol–water partition coefficient (Wildman–Crippen LogP) is 3.72. The number of carbonyl (C=O) groups is 2. The van der Waals surface area contributed by atoms with E-state index in [1.54, 1.807) is 36.4 Å². The van der Waals surface area contributed by atoms with Crippen LogP contribution in [0.15, 0.2) is 42.5 Å². The molecule has 9 heteroatoms. The van der Waals surface area contributed by atoms with E-state index < -0.39 is 6.61 Å². The highest BCUT2D eigenvalue weighted by Gasteiger charge is 2.14. The fourth-order valence-corrected chi connectivity index (χ4v) is 2.79. The average Bonchev–Trinajstić information content (AvgIpc) is 2.69. The molecule has 0 bridgehead atoms. The van der Waals surface area contributed by atoms with Crippen molar-refractivity contribution in [3.05, 3.63) is 48.0 Å². The second-order valence-electron chi connectivity index (χ2n) is 6.47. The van der Waals surface area contributed by atoms with Crippen LogP contribution in [-0.2, 0) is 16.1 Å². The molecular weight excluding hydrogens is 396 g/mol. The van der Waals surface area contributed by atoms with Crippen molar-refractivity contribution in [3.63, 3.8) is 0 Å². The fraction of sp³-hybridized carbons (Fsp3) is 0.333. The highest BCUT2D eigenvalue weighted by atomic mass is 19.3. The van der Waals surface area contributed by atoms with Gasteiger partial charge in [-0.2, -0.15) is 8.78 Å². The lowest BCUT2D eigenvalue weighted by Crippen LogP contribution is -2.32. The van der Waals surface area contributed by atoms with Crippen LogP contribution in [0, 0.1) is 0 Å². The number of halogens is 2. The van der Waals surface area contributed by atoms with E-state index in [1.807, 2.05) is 11.8 Å². The zero-order chi connectivity index (χ0) is 22.1. The van der Waals surface area contributed by atoms with Crippen molar-refractivity contribution in [3.8, 4) is 11.5 Å². The van der Waals surface area contributed by atoms with Crippen LogP contribution in [0.2, 0.25) is 0 Å². The highest BCUT2D eigenvalue weighted by Crippen LogP contribution is 2.29. The molecule has 0 heterocycles. The summed E-state index contributed by atoms with van der Waals surface area (Å²) < 4.78 is 34.4. The average molecular weight is 421 g/mol. The van der Waals surface area contributed by atoms with E-state index in [0.717, 1.165) is 5.56 Å². The molecule has 0 aromatic heterocycles. The minimum atomic E-state index is -2.94. The smallest absolute Gasteiger partial charge is 0.387 e. The summed E-state index contributed by atoms with van der Waals surface area (Å²) in [7, 11) is 1.37. The van der Waals surface area contributed by atoms with Crippen LogP contribution in [0.25, 0.3) is 0 Å². The van der Waals surface area contributed by atoms with Crippen LogP contribution in [0.1, 0.15) is 19.4 Å². The molecule has 2 N–H and O–H groups in total. The van der Waals surface area contributed by atoms with E-state index in [4.69, 9.17) is 4.74 Å². The molecule has 0 fully saturated rings. The summed E-state index contributed by atoms with van der Waals surface area (Å²) in [6, 6.07) is 11.5. The Morgan fingerprint density at radius 3 is 2.20 bits per heavy atom. The third kappa shape index (κ3) is 7.32. The van der Waals surface area contributed by atoms with Crippen LogP contribution in [-0.4, -0.2) is 43.5 Å². The fourth-order valence-electron chi connectivity index (χ4n) is 2.79. The summed E-state index contributed by atoms with van der Waals surface area (Å²) in [4.78, 5) is 25.3. The molecule has 0 saturated heterocycles. The standard InChI is InChI=1S/C21H25F2N3O4/c1-4-26(12-15-5-10-18(30-21(22)23)19(11-15)29-3)13-20(28)25-17-8-6-16(7-9-17)24-14(2)27/h5-11,21H,4,12-13H2,1-3H3,(H,24,27)(H,25,28). The molecular formula is C21H25F2N3O4. The molecule has 2 amide bonds. The Kier molecular flexibility index (Phi) is 8.54. The maximum atomic E-state index is 12.5. The maximum absolute atomic E-state index is 12.5. The lowest BCUT2D eigenvalue weighted by molar-refractivity contribution is -0.117. The summed E-state index contributed by atoms with van der Waals surface area (Å²) in [6.45, 7) is 1.57. The van der Waals surface area contributed by atoms with Crippen molar-refractivity contribution in [2.45, 2.75) is 27.0 Å². The van der Waals surface area contributed by atoms with Crippen LogP contribution in [0.5, 0.6) is 11.5 Å². The maximum Gasteiger partial charge on any atom is 0.387 e. The first-order valence-electron chi connectivity index (χ1n) is 9.32. The number of benzene rings is 2. The molecule has 2 aromatic rings. The number of nitrogens with zero attached hydrogens (tertiary/aromatic N) is 1. The number of methoxy groups -OCH3 is 1. The van der Waals surface area contributed by atoms with Crippen molar-refractivity contribution in [2.24, 2.45) is 0 Å². The first-order valence-corrected chi connectivity index (χ1v) is 9.32. The molecule has 7 nitrogen and oxygen atoms in total. The van der Waals surface area contributed by atoms with E-state index in [2.05, 4.69) is 15.4 Å². The van der Waals surface area contributed by atoms with Crippen LogP contribution in [0.3, 0.4) is 0 Å². The van der Waals surface area contributed by atoms with Crippen molar-refractivity contribution in [2.75, 3.05) is 30.8 Å². The Labute approximate surface area is 174 Å². The van der Waals surface area contributed by atoms with E-state index in [1.165, 1.54) is 20.1 Å². The largest absolute Gasteiger partial charge is 0.493 e. The van der Waals surface area contributed by atoms with Crippen LogP contribution < -0.4 is 20.1 Å². The Morgan fingerprint density at radius 2 is 1.67 bits per heavy atom. The molecule has 30 heavy (non-hydrogen) atoms. The number of amides is 2. The molecule has 0 atom stereocenters. The first kappa shape index (κ1) is 23.1. The van der Waals surface area contributed by atoms with Gasteiger partial charge >= 0.3 is 6.61 Å². The Balaban J connectivity index is 1.96. The van der Waals surface area contributed by atoms with Gasteiger partial charge in [-0.15, -0.1) is 0 Å². The molecule has 162 valence electrons. The summed E-state index contributed by atoms with van der Waals surface area (Å²) in [5.74, 6) is -0.211. The number of anilines is 2. The third-order valence-corrected chi connectivity index (χ3v) is 4.15. The van der Waals surface area contributed by atoms with E-state index in [0.29, 0.717) is 24.5 Å². The topological polar surface area (TPSA) is 79.9 Å². The highest BCUT2D eigenvalue weighted by molar-refractivity contribution is 5.93. The number of ether oxygens (including phenoxy) is 2. The molecule has 2 aromatic carbocycles. The van der Waals surface area contributed by atoms with Gasteiger partial charge < -0.3 is 20.1 Å². The van der Waals surface area contributed by atoms with E-state index in [9.17, 15) is 18.4 Å². The van der Waals surface area contributed by atoms with Gasteiger partial charge in [0.05, 0.1) is 13.7 Å². The van der Waals surface area contributed by atoms with Gasteiger partial charge in [-0.3, -0.25) is 14.5 Å². The van der Waals surface area contributed by atoms with Crippen molar-refractivity contribution in [1.29, 1.82) is 0 Å². The molecule has 0 aliphatic heterocycles. The third-order valence-electron chi connectivity index (χ3n) is 4.15. The SMILES string of the molecule is CCN(CC(=O)Nc1ccc(NC(C)=O)cc1)Cc1ccc(OC(F)F)c(OC)c1. The minimum absolute atomic E-state index is 0.0419. The summed E-state index contributed by atoms with van der Waals surface area (Å²) >= 11 is 0. The number of likely N-dealkylation sites (N-methyl/N-ethyl adjacent to an activating group) is 1. The number of hydrogen-bond acceptors (Lipinski definition) is 5. The number of nitrogens with one attached hydrogen (secondary N) is 2. The van der Waals surface area contributed by atoms with Crippen molar-refractivity contribution >= 4 is 23.2 Å². The van der Waals surface area contributed by atoms with Gasteiger partial charge in [-0.05, 0) is 48.5 Å². The monoisotopic (exact) mass is 421 g/mol. The minimum Gasteiger partial charge on any atom is -0.493 e. The summed E-state index contributed by atoms with van der Waals surface area (Å²) in [6.07, 6.45) is 0. The Bertz CT molecular complexity index is 860. The van der Waals surface area contributed by atoms with Crippen molar-refractivity contribution < 1.29 is 27.8 Å². The van der Waals surface area contributed by atoms with Gasteiger partial charge in [-0.1, -0.05) is 13.0 Å². The van der Waals surface area contributed by atoms with Crippen LogP contribution in [0.4, 0.5) is 20.2 Å². The lowest BCUT2D eigenvalue weighted by Gasteiger charge is -2.21. The van der Waals surface area contributed by atoms with Gasteiger partial charge in [-0.25, -0.2) is 0 Å². The number of alkyl halides is 2. The van der Waals surface area contributed by atoms with Crippen molar-refractivity contribution in [1.82, 2.24) is 4.90 Å². The first-order chi connectivity index (χ1) is 14.3. The van der Waals surface area contributed by atoms with Gasteiger partial charge in [0, 0.05) is 24.8 Å². The normalized spacial score (nSPS) is 10.8. The lowest BCUT2D eigenvalue weighted by atomic mass is 10.2. The molecule has 0 spiro atoms. The molecule has 0 unspecified atom stereocenters. The second-order valence-corrected chi connectivity index (χ2v) is 6.47. The molecule has 2 rings (SSSR count). The Hall–Kier alpha value is -3.20. The second kappa shape index (κ2) is 11.1. The van der Waals surface area contributed by atoms with Gasteiger partial charge in [0.2, 0.25) is 11.8 Å². The number of hydrogen-bond donors (Lipinski definition) is 2. The predicted molar refractivity (Wildman–Crippen MR) is 110 cm³/mol. The van der Waals surface area contributed by atoms with Crippen LogP contribution >= 0.6 is 0 Å². The van der Waals surface area contributed by atoms with Gasteiger partial charge in [0.1, 0.15) is 0 Å². The zero-order valence-corrected chi connectivity index (χ0v) is 17.1. The van der Waals surface area contributed by atoms with E-state index in [-0.39, 0.29) is 29.9 Å². The number of carbonyl (C=O) groups excluding carboxylic acids is 2. The van der Waals surface area contributed by atoms with Gasteiger partial charge in [0.25, 0.3) is 0 Å². The summed E-state index contributed by atoms with van der Waals surface area (Å²) in [5.41, 5.74) is 2.05.